The summed E-state index contributed by atoms with van der Waals surface area (Å²) in [6.45, 7) is 3.38. The molecule has 0 amide bonds. The highest BCUT2D eigenvalue weighted by molar-refractivity contribution is 6.03. The summed E-state index contributed by atoms with van der Waals surface area (Å²) in [4.78, 5) is 20.4. The Morgan fingerprint density at radius 2 is 1.65 bits per heavy atom. The van der Waals surface area contributed by atoms with E-state index in [-0.39, 0.29) is 5.56 Å². The zero-order valence-corrected chi connectivity index (χ0v) is 12.8. The minimum atomic E-state index is -1.03. The first-order valence-electron chi connectivity index (χ1n) is 7.19. The smallest absolute Gasteiger partial charge is 0.337 e. The van der Waals surface area contributed by atoms with Gasteiger partial charge in [0, 0.05) is 5.56 Å². The molecule has 1 heterocycles. The van der Waals surface area contributed by atoms with E-state index < -0.39 is 11.6 Å². The zero-order chi connectivity index (χ0) is 16.6. The maximum absolute atomic E-state index is 11.3. The molecule has 5 nitrogen and oxygen atoms in total. The van der Waals surface area contributed by atoms with Crippen molar-refractivity contribution < 1.29 is 15.0 Å². The van der Waals surface area contributed by atoms with E-state index >= 15 is 0 Å². The summed E-state index contributed by atoms with van der Waals surface area (Å²) >= 11 is 0. The van der Waals surface area contributed by atoms with Crippen LogP contribution in [0.5, 0.6) is 0 Å². The second kappa shape index (κ2) is 5.44. The van der Waals surface area contributed by atoms with Gasteiger partial charge in [0.05, 0.1) is 27.7 Å². The first kappa shape index (κ1) is 15.1. The van der Waals surface area contributed by atoms with Crippen molar-refractivity contribution in [3.8, 4) is 0 Å². The fourth-order valence-corrected chi connectivity index (χ4v) is 2.34. The number of hydrogen-bond donors (Lipinski definition) is 2. The second-order valence-electron chi connectivity index (χ2n) is 5.90. The summed E-state index contributed by atoms with van der Waals surface area (Å²) in [6.07, 6.45) is 3.48. The molecule has 23 heavy (non-hydrogen) atoms. The Morgan fingerprint density at radius 3 is 2.30 bits per heavy atom. The summed E-state index contributed by atoms with van der Waals surface area (Å²) in [7, 11) is 0. The van der Waals surface area contributed by atoms with Crippen LogP contribution in [0.1, 0.15) is 29.8 Å². The number of aromatic carboxylic acids is 1. The number of carbonyl (C=O) groups is 1. The van der Waals surface area contributed by atoms with Crippen LogP contribution in [0.4, 0.5) is 0 Å². The molecule has 0 unspecified atom stereocenters. The van der Waals surface area contributed by atoms with Gasteiger partial charge in [-0.25, -0.2) is 14.8 Å². The van der Waals surface area contributed by atoms with Crippen molar-refractivity contribution in [2.24, 2.45) is 0 Å². The Bertz CT molecular complexity index is 940. The molecule has 3 rings (SSSR count). The molecule has 0 fully saturated rings. The number of hydrogen-bond acceptors (Lipinski definition) is 4. The summed E-state index contributed by atoms with van der Waals surface area (Å²) < 4.78 is 0. The van der Waals surface area contributed by atoms with Gasteiger partial charge in [-0.15, -0.1) is 0 Å². The largest absolute Gasteiger partial charge is 0.478 e. The number of carboxylic acid groups (broad SMARTS) is 1. The molecule has 3 aromatic rings. The summed E-state index contributed by atoms with van der Waals surface area (Å²) in [6, 6.07) is 10.4. The van der Waals surface area contributed by atoms with Gasteiger partial charge in [-0.3, -0.25) is 0 Å². The number of carboxylic acids is 1. The summed E-state index contributed by atoms with van der Waals surface area (Å²) in [5, 5.41) is 19.1. The molecule has 2 N–H and O–H groups in total. The zero-order valence-electron chi connectivity index (χ0n) is 12.8. The third-order valence-corrected chi connectivity index (χ3v) is 3.43. The van der Waals surface area contributed by atoms with Gasteiger partial charge in [0.25, 0.3) is 0 Å². The highest BCUT2D eigenvalue weighted by Gasteiger charge is 2.13. The van der Waals surface area contributed by atoms with Gasteiger partial charge in [0.15, 0.2) is 0 Å². The monoisotopic (exact) mass is 308 g/mol. The molecule has 0 bridgehead atoms. The van der Waals surface area contributed by atoms with Crippen molar-refractivity contribution in [1.29, 1.82) is 0 Å². The number of nitrogens with zero attached hydrogens (tertiary/aromatic N) is 2. The number of benzene rings is 2. The number of rotatable bonds is 3. The van der Waals surface area contributed by atoms with E-state index in [1.165, 1.54) is 6.07 Å². The molecule has 0 saturated heterocycles. The Kier molecular flexibility index (Phi) is 3.58. The van der Waals surface area contributed by atoms with Crippen molar-refractivity contribution in [2.75, 3.05) is 0 Å². The molecule has 2 aromatic carbocycles. The minimum Gasteiger partial charge on any atom is -0.478 e. The van der Waals surface area contributed by atoms with Gasteiger partial charge in [-0.05, 0) is 32.0 Å². The Hall–Kier alpha value is -2.79. The molecule has 0 spiro atoms. The SMILES string of the molecule is CC(C)(O)/C=C/c1cccc2nc3c(C(=O)O)cccc3nc12. The first-order valence-corrected chi connectivity index (χ1v) is 7.19. The van der Waals surface area contributed by atoms with E-state index in [1.54, 1.807) is 44.2 Å². The second-order valence-corrected chi connectivity index (χ2v) is 5.90. The third-order valence-electron chi connectivity index (χ3n) is 3.43. The van der Waals surface area contributed by atoms with E-state index in [9.17, 15) is 15.0 Å². The molecule has 5 heteroatoms. The molecule has 0 atom stereocenters. The maximum Gasteiger partial charge on any atom is 0.337 e. The molecular formula is C18H16N2O3. The van der Waals surface area contributed by atoms with Crippen LogP contribution in [0.15, 0.2) is 42.5 Å². The van der Waals surface area contributed by atoms with Crippen LogP contribution in [-0.2, 0) is 0 Å². The fraction of sp³-hybridized carbons (Fsp3) is 0.167. The van der Waals surface area contributed by atoms with Gasteiger partial charge in [-0.1, -0.05) is 30.4 Å². The molecular weight excluding hydrogens is 292 g/mol. The lowest BCUT2D eigenvalue weighted by Gasteiger charge is -2.11. The van der Waals surface area contributed by atoms with Crippen LogP contribution in [-0.4, -0.2) is 31.8 Å². The standard InChI is InChI=1S/C18H16N2O3/c1-18(2,23)10-9-11-5-3-7-13-15(11)19-14-8-4-6-12(17(21)22)16(14)20-13/h3-10,23H,1-2H3,(H,21,22)/b10-9+. The van der Waals surface area contributed by atoms with E-state index in [0.29, 0.717) is 22.1 Å². The van der Waals surface area contributed by atoms with Gasteiger partial charge >= 0.3 is 5.97 Å². The summed E-state index contributed by atoms with van der Waals surface area (Å²) in [5.41, 5.74) is 2.21. The Balaban J connectivity index is 2.27. The van der Waals surface area contributed by atoms with E-state index in [0.717, 1.165) is 5.56 Å². The normalized spacial score (nSPS) is 12.3. The van der Waals surface area contributed by atoms with Crippen molar-refractivity contribution in [3.63, 3.8) is 0 Å². The Labute approximate surface area is 132 Å². The number of para-hydroxylation sites is 2. The van der Waals surface area contributed by atoms with E-state index in [2.05, 4.69) is 9.97 Å². The average Bonchev–Trinajstić information content (AvgIpc) is 2.49. The van der Waals surface area contributed by atoms with Crippen LogP contribution in [0.3, 0.4) is 0 Å². The lowest BCUT2D eigenvalue weighted by molar-refractivity contribution is 0.0698. The van der Waals surface area contributed by atoms with Crippen LogP contribution in [0.2, 0.25) is 0 Å². The molecule has 0 radical (unpaired) electrons. The third kappa shape index (κ3) is 3.05. The minimum absolute atomic E-state index is 0.134. The first-order chi connectivity index (χ1) is 10.8. The van der Waals surface area contributed by atoms with Crippen molar-refractivity contribution in [1.82, 2.24) is 9.97 Å². The molecule has 0 saturated carbocycles. The number of aliphatic hydroxyl groups is 1. The van der Waals surface area contributed by atoms with Crippen molar-refractivity contribution in [2.45, 2.75) is 19.4 Å². The quantitative estimate of drug-likeness (QED) is 0.726. The fourth-order valence-electron chi connectivity index (χ4n) is 2.34. The summed E-state index contributed by atoms with van der Waals surface area (Å²) in [5.74, 6) is -1.03. The predicted octanol–water partition coefficient (Wildman–Crippen LogP) is 3.27. The van der Waals surface area contributed by atoms with Crippen LogP contribution in [0, 0.1) is 0 Å². The van der Waals surface area contributed by atoms with E-state index in [4.69, 9.17) is 0 Å². The van der Waals surface area contributed by atoms with E-state index in [1.807, 2.05) is 12.1 Å². The van der Waals surface area contributed by atoms with Gasteiger partial charge in [0.2, 0.25) is 0 Å². The molecule has 116 valence electrons. The molecule has 0 aliphatic rings. The molecule has 0 aliphatic heterocycles. The number of aromatic nitrogens is 2. The van der Waals surface area contributed by atoms with Gasteiger partial charge < -0.3 is 10.2 Å². The highest BCUT2D eigenvalue weighted by atomic mass is 16.4. The lowest BCUT2D eigenvalue weighted by atomic mass is 10.1. The molecule has 0 aliphatic carbocycles. The predicted molar refractivity (Wildman–Crippen MR) is 89.3 cm³/mol. The lowest BCUT2D eigenvalue weighted by Crippen LogP contribution is -2.13. The Morgan fingerprint density at radius 1 is 1.04 bits per heavy atom. The average molecular weight is 308 g/mol. The number of fused-ring (bicyclic) bond motifs is 2. The van der Waals surface area contributed by atoms with Crippen LogP contribution >= 0.6 is 0 Å². The van der Waals surface area contributed by atoms with Gasteiger partial charge in [-0.2, -0.15) is 0 Å². The highest BCUT2D eigenvalue weighted by Crippen LogP contribution is 2.23. The van der Waals surface area contributed by atoms with Crippen molar-refractivity contribution >= 4 is 34.1 Å². The van der Waals surface area contributed by atoms with Crippen molar-refractivity contribution in [3.05, 3.63) is 53.6 Å². The molecule has 1 aromatic heterocycles. The van der Waals surface area contributed by atoms with Gasteiger partial charge in [0.1, 0.15) is 5.52 Å². The van der Waals surface area contributed by atoms with Crippen LogP contribution < -0.4 is 0 Å². The topological polar surface area (TPSA) is 83.3 Å². The maximum atomic E-state index is 11.3. The van der Waals surface area contributed by atoms with Crippen LogP contribution in [0.25, 0.3) is 28.1 Å².